The fourth-order valence-electron chi connectivity index (χ4n) is 2.19. The number of nitriles is 1. The average Bonchev–Trinajstić information content (AvgIpc) is 2.94. The van der Waals surface area contributed by atoms with Crippen LogP contribution in [0.1, 0.15) is 5.56 Å². The van der Waals surface area contributed by atoms with Crippen LogP contribution in [0.3, 0.4) is 0 Å². The first-order valence-corrected chi connectivity index (χ1v) is 6.51. The predicted molar refractivity (Wildman–Crippen MR) is 78.9 cm³/mol. The Hall–Kier alpha value is -3.20. The molecule has 0 saturated heterocycles. The highest BCUT2D eigenvalue weighted by Gasteiger charge is 2.12. The molecule has 108 valence electrons. The minimum atomic E-state index is -0.379. The Kier molecular flexibility index (Phi) is 3.31. The number of halogens is 1. The standard InChI is InChI=1S/C16H11FN4O/c1-20-7-6-15(19-20)14-10-21(16(22)8-11(14)9-18)13-4-2-12(17)3-5-13/h2-8,10H,1H3. The van der Waals surface area contributed by atoms with Gasteiger partial charge in [-0.05, 0) is 30.3 Å². The zero-order valence-electron chi connectivity index (χ0n) is 11.7. The Bertz CT molecular complexity index is 932. The van der Waals surface area contributed by atoms with Crippen molar-refractivity contribution < 1.29 is 4.39 Å². The van der Waals surface area contributed by atoms with Gasteiger partial charge in [-0.25, -0.2) is 4.39 Å². The van der Waals surface area contributed by atoms with E-state index in [0.29, 0.717) is 16.9 Å². The topological polar surface area (TPSA) is 63.6 Å². The first-order chi connectivity index (χ1) is 10.6. The highest BCUT2D eigenvalue weighted by Crippen LogP contribution is 2.21. The van der Waals surface area contributed by atoms with Gasteiger partial charge in [0.15, 0.2) is 0 Å². The van der Waals surface area contributed by atoms with Crippen molar-refractivity contribution in [2.24, 2.45) is 7.05 Å². The molecule has 6 heteroatoms. The largest absolute Gasteiger partial charge is 0.284 e. The summed E-state index contributed by atoms with van der Waals surface area (Å²) in [6, 6.07) is 10.6. The number of aromatic nitrogens is 3. The van der Waals surface area contributed by atoms with Crippen molar-refractivity contribution in [3.63, 3.8) is 0 Å². The number of hydrogen-bond donors (Lipinski definition) is 0. The molecule has 0 radical (unpaired) electrons. The first-order valence-electron chi connectivity index (χ1n) is 6.51. The molecule has 1 aromatic carbocycles. The van der Waals surface area contributed by atoms with Crippen molar-refractivity contribution in [1.82, 2.24) is 14.3 Å². The SMILES string of the molecule is Cn1ccc(-c2cn(-c3ccc(F)cc3)c(=O)cc2C#N)n1. The fraction of sp³-hybridized carbons (Fsp3) is 0.0625. The van der Waals surface area contributed by atoms with E-state index in [0.717, 1.165) is 0 Å². The lowest BCUT2D eigenvalue weighted by Crippen LogP contribution is -2.18. The molecule has 2 heterocycles. The van der Waals surface area contributed by atoms with Gasteiger partial charge in [-0.15, -0.1) is 0 Å². The summed E-state index contributed by atoms with van der Waals surface area (Å²) in [5, 5.41) is 13.5. The molecule has 0 fully saturated rings. The molecule has 0 saturated carbocycles. The maximum atomic E-state index is 13.0. The Morgan fingerprint density at radius 3 is 2.55 bits per heavy atom. The molecule has 0 aliphatic rings. The van der Waals surface area contributed by atoms with Crippen LogP contribution in [0.4, 0.5) is 4.39 Å². The van der Waals surface area contributed by atoms with Crippen LogP contribution in [0.5, 0.6) is 0 Å². The smallest absolute Gasteiger partial charge is 0.256 e. The molecule has 0 amide bonds. The molecule has 5 nitrogen and oxygen atoms in total. The molecular formula is C16H11FN4O. The second-order valence-corrected chi connectivity index (χ2v) is 4.77. The monoisotopic (exact) mass is 294 g/mol. The van der Waals surface area contributed by atoms with Gasteiger partial charge in [0.1, 0.15) is 11.9 Å². The summed E-state index contributed by atoms with van der Waals surface area (Å²) in [5.74, 6) is -0.379. The minimum Gasteiger partial charge on any atom is -0.284 e. The van der Waals surface area contributed by atoms with Crippen molar-refractivity contribution in [2.45, 2.75) is 0 Å². The molecule has 0 aliphatic carbocycles. The first kappa shape index (κ1) is 13.8. The highest BCUT2D eigenvalue weighted by molar-refractivity contribution is 5.66. The molecule has 2 aromatic heterocycles. The lowest BCUT2D eigenvalue weighted by Gasteiger charge is -2.08. The molecule has 0 aliphatic heterocycles. The van der Waals surface area contributed by atoms with Crippen LogP contribution in [0.2, 0.25) is 0 Å². The molecule has 3 rings (SSSR count). The highest BCUT2D eigenvalue weighted by atomic mass is 19.1. The van der Waals surface area contributed by atoms with Crippen molar-refractivity contribution in [3.8, 4) is 23.0 Å². The Labute approximate surface area is 125 Å². The summed E-state index contributed by atoms with van der Waals surface area (Å²) >= 11 is 0. The van der Waals surface area contributed by atoms with Crippen LogP contribution >= 0.6 is 0 Å². The minimum absolute atomic E-state index is 0.252. The molecule has 3 aromatic rings. The van der Waals surface area contributed by atoms with E-state index in [1.54, 1.807) is 30.2 Å². The lowest BCUT2D eigenvalue weighted by atomic mass is 10.1. The third-order valence-corrected chi connectivity index (χ3v) is 3.27. The lowest BCUT2D eigenvalue weighted by molar-refractivity contribution is 0.627. The van der Waals surface area contributed by atoms with Gasteiger partial charge < -0.3 is 0 Å². The summed E-state index contributed by atoms with van der Waals surface area (Å²) in [7, 11) is 1.77. The number of aryl methyl sites for hydroxylation is 1. The summed E-state index contributed by atoms with van der Waals surface area (Å²) in [6.45, 7) is 0. The van der Waals surface area contributed by atoms with Gasteiger partial charge in [0, 0.05) is 36.8 Å². The normalized spacial score (nSPS) is 10.4. The van der Waals surface area contributed by atoms with E-state index < -0.39 is 0 Å². The van der Waals surface area contributed by atoms with Crippen molar-refractivity contribution in [3.05, 3.63) is 70.5 Å². The van der Waals surface area contributed by atoms with Crippen molar-refractivity contribution in [1.29, 1.82) is 5.26 Å². The van der Waals surface area contributed by atoms with E-state index in [-0.39, 0.29) is 16.9 Å². The average molecular weight is 294 g/mol. The Morgan fingerprint density at radius 2 is 1.95 bits per heavy atom. The quantitative estimate of drug-likeness (QED) is 0.728. The third kappa shape index (κ3) is 2.40. The van der Waals surface area contributed by atoms with Crippen LogP contribution < -0.4 is 5.56 Å². The van der Waals surface area contributed by atoms with Crippen LogP contribution in [-0.4, -0.2) is 14.3 Å². The van der Waals surface area contributed by atoms with Crippen LogP contribution in [0, 0.1) is 17.1 Å². The second kappa shape index (κ2) is 5.30. The van der Waals surface area contributed by atoms with Crippen LogP contribution in [-0.2, 0) is 7.05 Å². The number of benzene rings is 1. The van der Waals surface area contributed by atoms with E-state index in [9.17, 15) is 14.4 Å². The zero-order valence-corrected chi connectivity index (χ0v) is 11.7. The summed E-state index contributed by atoms with van der Waals surface area (Å²) in [5.41, 5.74) is 1.56. The number of hydrogen-bond acceptors (Lipinski definition) is 3. The van der Waals surface area contributed by atoms with Gasteiger partial charge >= 0.3 is 0 Å². The maximum Gasteiger partial charge on any atom is 0.256 e. The number of nitrogens with zero attached hydrogens (tertiary/aromatic N) is 4. The van der Waals surface area contributed by atoms with Gasteiger partial charge in [0.2, 0.25) is 0 Å². The second-order valence-electron chi connectivity index (χ2n) is 4.77. The third-order valence-electron chi connectivity index (χ3n) is 3.27. The Morgan fingerprint density at radius 1 is 1.23 bits per heavy atom. The number of pyridine rings is 1. The molecule has 22 heavy (non-hydrogen) atoms. The molecule has 0 atom stereocenters. The molecular weight excluding hydrogens is 283 g/mol. The van der Waals surface area contributed by atoms with E-state index in [1.807, 2.05) is 6.07 Å². The van der Waals surface area contributed by atoms with Gasteiger partial charge in [0.25, 0.3) is 5.56 Å². The maximum absolute atomic E-state index is 13.0. The van der Waals surface area contributed by atoms with E-state index in [1.165, 1.54) is 34.9 Å². The number of rotatable bonds is 2. The van der Waals surface area contributed by atoms with E-state index >= 15 is 0 Å². The molecule has 0 N–H and O–H groups in total. The van der Waals surface area contributed by atoms with Gasteiger partial charge in [-0.2, -0.15) is 10.4 Å². The molecule has 0 spiro atoms. The van der Waals surface area contributed by atoms with Gasteiger partial charge in [-0.3, -0.25) is 14.0 Å². The fourth-order valence-corrected chi connectivity index (χ4v) is 2.19. The van der Waals surface area contributed by atoms with Gasteiger partial charge in [0.05, 0.1) is 11.3 Å². The van der Waals surface area contributed by atoms with Crippen molar-refractivity contribution >= 4 is 0 Å². The van der Waals surface area contributed by atoms with E-state index in [2.05, 4.69) is 5.10 Å². The molecule has 0 bridgehead atoms. The zero-order chi connectivity index (χ0) is 15.7. The van der Waals surface area contributed by atoms with Gasteiger partial charge in [-0.1, -0.05) is 0 Å². The van der Waals surface area contributed by atoms with Crippen LogP contribution in [0.25, 0.3) is 16.9 Å². The predicted octanol–water partition coefficient (Wildman–Crippen LogP) is 2.25. The Balaban J connectivity index is 2.23. The van der Waals surface area contributed by atoms with Crippen LogP contribution in [0.15, 0.2) is 53.6 Å². The molecule has 0 unspecified atom stereocenters. The summed E-state index contributed by atoms with van der Waals surface area (Å²) in [4.78, 5) is 12.2. The van der Waals surface area contributed by atoms with E-state index in [4.69, 9.17) is 0 Å². The van der Waals surface area contributed by atoms with Crippen molar-refractivity contribution in [2.75, 3.05) is 0 Å². The summed E-state index contributed by atoms with van der Waals surface area (Å²) < 4.78 is 16.0. The summed E-state index contributed by atoms with van der Waals surface area (Å²) in [6.07, 6.45) is 3.31.